The van der Waals surface area contributed by atoms with Gasteiger partial charge in [-0.2, -0.15) is 4.98 Å². The van der Waals surface area contributed by atoms with Crippen LogP contribution >= 0.6 is 0 Å². The van der Waals surface area contributed by atoms with Crippen molar-refractivity contribution in [3.63, 3.8) is 0 Å². The summed E-state index contributed by atoms with van der Waals surface area (Å²) in [4.78, 5) is 18.5. The smallest absolute Gasteiger partial charge is 0.238 e. The SMILES string of the molecule is Cc1cccc(NC(=O)CN2CC(c3nc(-c4ccco4)no3)C2)c1. The molecule has 0 atom stereocenters. The number of furan rings is 1. The Hall–Kier alpha value is -2.93. The maximum Gasteiger partial charge on any atom is 0.238 e. The molecule has 0 bridgehead atoms. The monoisotopic (exact) mass is 338 g/mol. The minimum absolute atomic E-state index is 0.0224. The summed E-state index contributed by atoms with van der Waals surface area (Å²) in [6.45, 7) is 3.79. The van der Waals surface area contributed by atoms with Gasteiger partial charge in [-0.25, -0.2) is 0 Å². The second-order valence-corrected chi connectivity index (χ2v) is 6.24. The predicted octanol–water partition coefficient (Wildman–Crippen LogP) is 2.68. The summed E-state index contributed by atoms with van der Waals surface area (Å²) in [5, 5.41) is 6.85. The number of carbonyl (C=O) groups is 1. The number of benzene rings is 1. The van der Waals surface area contributed by atoms with Crippen LogP contribution in [0.2, 0.25) is 0 Å². The molecule has 1 amide bonds. The van der Waals surface area contributed by atoms with E-state index in [1.54, 1.807) is 18.4 Å². The fourth-order valence-electron chi connectivity index (χ4n) is 2.89. The van der Waals surface area contributed by atoms with Gasteiger partial charge in [0, 0.05) is 18.8 Å². The summed E-state index contributed by atoms with van der Waals surface area (Å²) in [7, 11) is 0. The Morgan fingerprint density at radius 3 is 2.96 bits per heavy atom. The van der Waals surface area contributed by atoms with Crippen molar-refractivity contribution in [3.05, 3.63) is 54.1 Å². The molecule has 1 saturated heterocycles. The van der Waals surface area contributed by atoms with Crippen LogP contribution in [0.5, 0.6) is 0 Å². The van der Waals surface area contributed by atoms with Crippen LogP contribution in [0.1, 0.15) is 17.4 Å². The highest BCUT2D eigenvalue weighted by molar-refractivity contribution is 5.92. The minimum atomic E-state index is -0.0224. The average molecular weight is 338 g/mol. The lowest BCUT2D eigenvalue weighted by molar-refractivity contribution is -0.118. The summed E-state index contributed by atoms with van der Waals surface area (Å²) in [5.41, 5.74) is 1.94. The van der Waals surface area contributed by atoms with Gasteiger partial charge in [-0.05, 0) is 36.8 Å². The van der Waals surface area contributed by atoms with Crippen LogP contribution in [-0.2, 0) is 4.79 Å². The molecule has 3 aromatic rings. The van der Waals surface area contributed by atoms with E-state index in [9.17, 15) is 4.79 Å². The van der Waals surface area contributed by atoms with Gasteiger partial charge in [0.25, 0.3) is 0 Å². The van der Waals surface area contributed by atoms with E-state index in [1.807, 2.05) is 36.1 Å². The topological polar surface area (TPSA) is 84.4 Å². The van der Waals surface area contributed by atoms with Crippen molar-refractivity contribution in [2.75, 3.05) is 25.0 Å². The largest absolute Gasteiger partial charge is 0.461 e. The molecule has 0 spiro atoms. The lowest BCUT2D eigenvalue weighted by Gasteiger charge is -2.36. The Bertz CT molecular complexity index is 866. The Labute approximate surface area is 144 Å². The van der Waals surface area contributed by atoms with Gasteiger partial charge in [0.2, 0.25) is 17.6 Å². The van der Waals surface area contributed by atoms with Crippen molar-refractivity contribution in [2.45, 2.75) is 12.8 Å². The Balaban J connectivity index is 1.28. The molecule has 1 aliphatic heterocycles. The Kier molecular flexibility index (Phi) is 4.07. The summed E-state index contributed by atoms with van der Waals surface area (Å²) in [6.07, 6.45) is 1.57. The first-order chi connectivity index (χ1) is 12.2. The molecule has 1 fully saturated rings. The first kappa shape index (κ1) is 15.6. The summed E-state index contributed by atoms with van der Waals surface area (Å²) >= 11 is 0. The minimum Gasteiger partial charge on any atom is -0.461 e. The van der Waals surface area contributed by atoms with Crippen molar-refractivity contribution < 1.29 is 13.7 Å². The zero-order valence-electron chi connectivity index (χ0n) is 13.8. The number of likely N-dealkylation sites (tertiary alicyclic amines) is 1. The maximum atomic E-state index is 12.1. The van der Waals surface area contributed by atoms with Gasteiger partial charge in [-0.1, -0.05) is 17.3 Å². The molecule has 0 saturated carbocycles. The molecule has 4 rings (SSSR count). The fraction of sp³-hybridized carbons (Fsp3) is 0.278. The molecule has 3 heterocycles. The first-order valence-corrected chi connectivity index (χ1v) is 8.14. The van der Waals surface area contributed by atoms with Gasteiger partial charge < -0.3 is 14.3 Å². The number of aryl methyl sites for hydroxylation is 1. The molecule has 7 nitrogen and oxygen atoms in total. The van der Waals surface area contributed by atoms with Crippen LogP contribution in [0.4, 0.5) is 5.69 Å². The van der Waals surface area contributed by atoms with Crippen LogP contribution in [0, 0.1) is 6.92 Å². The van der Waals surface area contributed by atoms with Gasteiger partial charge in [0.05, 0.1) is 18.7 Å². The number of anilines is 1. The molecular formula is C18H18N4O3. The van der Waals surface area contributed by atoms with Crippen molar-refractivity contribution >= 4 is 11.6 Å². The molecule has 1 N–H and O–H groups in total. The van der Waals surface area contributed by atoms with Crippen molar-refractivity contribution in [3.8, 4) is 11.6 Å². The van der Waals surface area contributed by atoms with Crippen LogP contribution in [0.3, 0.4) is 0 Å². The third kappa shape index (κ3) is 3.46. The lowest BCUT2D eigenvalue weighted by atomic mass is 10.0. The zero-order chi connectivity index (χ0) is 17.2. The van der Waals surface area contributed by atoms with Crippen molar-refractivity contribution in [1.29, 1.82) is 0 Å². The van der Waals surface area contributed by atoms with Crippen LogP contribution in [0.15, 0.2) is 51.6 Å². The molecule has 25 heavy (non-hydrogen) atoms. The number of amides is 1. The number of hydrogen-bond donors (Lipinski definition) is 1. The number of carbonyl (C=O) groups excluding carboxylic acids is 1. The average Bonchev–Trinajstić information content (AvgIpc) is 3.21. The van der Waals surface area contributed by atoms with E-state index in [-0.39, 0.29) is 11.8 Å². The van der Waals surface area contributed by atoms with Gasteiger partial charge >= 0.3 is 0 Å². The molecule has 0 radical (unpaired) electrons. The second kappa shape index (κ2) is 6.52. The van der Waals surface area contributed by atoms with Crippen molar-refractivity contribution in [1.82, 2.24) is 15.0 Å². The van der Waals surface area contributed by atoms with Crippen LogP contribution in [-0.4, -0.2) is 40.6 Å². The summed E-state index contributed by atoms with van der Waals surface area (Å²) in [6, 6.07) is 11.3. The fourth-order valence-corrected chi connectivity index (χ4v) is 2.89. The molecular weight excluding hydrogens is 320 g/mol. The highest BCUT2D eigenvalue weighted by atomic mass is 16.5. The van der Waals surface area contributed by atoms with Crippen LogP contribution < -0.4 is 5.32 Å². The van der Waals surface area contributed by atoms with Gasteiger partial charge in [-0.3, -0.25) is 9.69 Å². The molecule has 7 heteroatoms. The van der Waals surface area contributed by atoms with E-state index in [0.29, 0.717) is 24.0 Å². The standard InChI is InChI=1S/C18H18N4O3/c1-12-4-2-5-14(8-12)19-16(23)11-22-9-13(10-22)18-20-17(21-25-18)15-6-3-7-24-15/h2-8,13H,9-11H2,1H3,(H,19,23). The first-order valence-electron chi connectivity index (χ1n) is 8.14. The van der Waals surface area contributed by atoms with E-state index in [1.165, 1.54) is 0 Å². The zero-order valence-corrected chi connectivity index (χ0v) is 13.8. The molecule has 1 aliphatic rings. The van der Waals surface area contributed by atoms with E-state index in [2.05, 4.69) is 15.5 Å². The van der Waals surface area contributed by atoms with Gasteiger partial charge in [0.1, 0.15) is 0 Å². The molecule has 2 aromatic heterocycles. The highest BCUT2D eigenvalue weighted by Crippen LogP contribution is 2.27. The van der Waals surface area contributed by atoms with E-state index >= 15 is 0 Å². The van der Waals surface area contributed by atoms with Gasteiger partial charge in [-0.15, -0.1) is 0 Å². The van der Waals surface area contributed by atoms with Crippen molar-refractivity contribution in [2.24, 2.45) is 0 Å². The second-order valence-electron chi connectivity index (χ2n) is 6.24. The molecule has 128 valence electrons. The normalized spacial score (nSPS) is 15.1. The molecule has 1 aromatic carbocycles. The Morgan fingerprint density at radius 2 is 2.20 bits per heavy atom. The number of rotatable bonds is 5. The number of nitrogens with one attached hydrogen (secondary N) is 1. The van der Waals surface area contributed by atoms with Crippen LogP contribution in [0.25, 0.3) is 11.6 Å². The van der Waals surface area contributed by atoms with E-state index < -0.39 is 0 Å². The molecule has 0 aliphatic carbocycles. The van der Waals surface area contributed by atoms with Gasteiger partial charge in [0.15, 0.2) is 5.76 Å². The summed E-state index contributed by atoms with van der Waals surface area (Å²) in [5.74, 6) is 1.76. The highest BCUT2D eigenvalue weighted by Gasteiger charge is 2.33. The number of nitrogens with zero attached hydrogens (tertiary/aromatic N) is 3. The number of aromatic nitrogens is 2. The Morgan fingerprint density at radius 1 is 1.32 bits per heavy atom. The quantitative estimate of drug-likeness (QED) is 0.770. The third-order valence-electron chi connectivity index (χ3n) is 4.16. The number of hydrogen-bond acceptors (Lipinski definition) is 6. The van der Waals surface area contributed by atoms with E-state index in [0.717, 1.165) is 24.3 Å². The maximum absolute atomic E-state index is 12.1. The summed E-state index contributed by atoms with van der Waals surface area (Å²) < 4.78 is 10.6. The molecule has 0 unspecified atom stereocenters. The van der Waals surface area contributed by atoms with E-state index in [4.69, 9.17) is 8.94 Å². The predicted molar refractivity (Wildman–Crippen MR) is 91.0 cm³/mol. The lowest BCUT2D eigenvalue weighted by Crippen LogP contribution is -2.48. The third-order valence-corrected chi connectivity index (χ3v) is 4.16.